The summed E-state index contributed by atoms with van der Waals surface area (Å²) < 4.78 is 26.7. The highest BCUT2D eigenvalue weighted by atomic mass is 19.2. The third kappa shape index (κ3) is 2.56. The highest BCUT2D eigenvalue weighted by molar-refractivity contribution is 5.22. The van der Waals surface area contributed by atoms with Gasteiger partial charge in [0.05, 0.1) is 6.04 Å². The Hall–Kier alpha value is -1.75. The zero-order valence-electron chi connectivity index (χ0n) is 10.2. The molecular weight excluding hydrogens is 236 g/mol. The Morgan fingerprint density at radius 3 is 2.67 bits per heavy atom. The van der Waals surface area contributed by atoms with Gasteiger partial charge in [0.1, 0.15) is 5.82 Å². The van der Waals surface area contributed by atoms with Crippen LogP contribution < -0.4 is 5.32 Å². The van der Waals surface area contributed by atoms with Crippen molar-refractivity contribution in [2.45, 2.75) is 25.9 Å². The van der Waals surface area contributed by atoms with E-state index in [1.807, 2.05) is 6.92 Å². The van der Waals surface area contributed by atoms with Crippen LogP contribution in [0, 0.1) is 11.6 Å². The van der Waals surface area contributed by atoms with Gasteiger partial charge in [-0.2, -0.15) is 0 Å². The molecule has 2 N–H and O–H groups in total. The van der Waals surface area contributed by atoms with Gasteiger partial charge in [-0.05, 0) is 19.9 Å². The summed E-state index contributed by atoms with van der Waals surface area (Å²) in [5.74, 6) is -0.866. The van der Waals surface area contributed by atoms with Crippen LogP contribution in [0.25, 0.3) is 0 Å². The Balaban J connectivity index is 2.12. The summed E-state index contributed by atoms with van der Waals surface area (Å²) in [7, 11) is 0. The van der Waals surface area contributed by atoms with Gasteiger partial charge in [0, 0.05) is 24.0 Å². The summed E-state index contributed by atoms with van der Waals surface area (Å²) in [5.41, 5.74) is 0.313. The molecule has 2 rings (SSSR count). The molecule has 0 fully saturated rings. The predicted octanol–water partition coefficient (Wildman–Crippen LogP) is 3.10. The molecule has 5 heteroatoms. The molecule has 0 saturated carbocycles. The number of aromatic nitrogens is 2. The summed E-state index contributed by atoms with van der Waals surface area (Å²) >= 11 is 0. The number of nitrogens with one attached hydrogen (secondary N) is 2. The number of hydrogen-bond donors (Lipinski definition) is 2. The molecule has 0 radical (unpaired) electrons. The second kappa shape index (κ2) is 5.27. The lowest BCUT2D eigenvalue weighted by molar-refractivity contribution is 0.442. The summed E-state index contributed by atoms with van der Waals surface area (Å²) in [5, 5.41) is 3.17. The number of hydrogen-bond acceptors (Lipinski definition) is 2. The Bertz CT molecular complexity index is 511. The average Bonchev–Trinajstić information content (AvgIpc) is 2.86. The van der Waals surface area contributed by atoms with E-state index in [0.29, 0.717) is 5.56 Å². The second-order valence-electron chi connectivity index (χ2n) is 4.23. The maximum atomic E-state index is 13.6. The smallest absolute Gasteiger partial charge is 0.163 e. The largest absolute Gasteiger partial charge is 0.347 e. The first-order valence-electron chi connectivity index (χ1n) is 5.79. The summed E-state index contributed by atoms with van der Waals surface area (Å²) in [6.07, 6.45) is 3.38. The first-order chi connectivity index (χ1) is 8.59. The molecule has 2 unspecified atom stereocenters. The van der Waals surface area contributed by atoms with Crippen LogP contribution >= 0.6 is 0 Å². The Morgan fingerprint density at radius 1 is 1.22 bits per heavy atom. The Morgan fingerprint density at radius 2 is 2.00 bits per heavy atom. The Labute approximate surface area is 104 Å². The summed E-state index contributed by atoms with van der Waals surface area (Å²) in [6, 6.07) is 3.81. The fraction of sp³-hybridized carbons (Fsp3) is 0.308. The van der Waals surface area contributed by atoms with E-state index < -0.39 is 11.6 Å². The van der Waals surface area contributed by atoms with Crippen LogP contribution in [0.2, 0.25) is 0 Å². The van der Waals surface area contributed by atoms with Gasteiger partial charge in [-0.3, -0.25) is 0 Å². The Kier molecular flexibility index (Phi) is 3.72. The lowest BCUT2D eigenvalue weighted by Crippen LogP contribution is -2.24. The minimum Gasteiger partial charge on any atom is -0.347 e. The first kappa shape index (κ1) is 12.7. The maximum absolute atomic E-state index is 13.6. The minimum atomic E-state index is -0.827. The molecule has 0 amide bonds. The van der Waals surface area contributed by atoms with Crippen molar-refractivity contribution in [3.8, 4) is 0 Å². The number of benzene rings is 1. The third-order valence-electron chi connectivity index (χ3n) is 2.88. The number of H-pyrrole nitrogens is 1. The standard InChI is InChI=1S/C13H15F2N3/c1-8(10-4-3-5-11(14)12(10)15)18-9(2)13-16-6-7-17-13/h3-9,18H,1-2H3,(H,16,17). The number of imidazole rings is 1. The van der Waals surface area contributed by atoms with E-state index in [2.05, 4.69) is 15.3 Å². The molecule has 0 aliphatic rings. The van der Waals surface area contributed by atoms with Crippen LogP contribution in [0.5, 0.6) is 0 Å². The van der Waals surface area contributed by atoms with Crippen LogP contribution in [0.15, 0.2) is 30.6 Å². The fourth-order valence-corrected chi connectivity index (χ4v) is 1.91. The molecule has 18 heavy (non-hydrogen) atoms. The molecule has 3 nitrogen and oxygen atoms in total. The van der Waals surface area contributed by atoms with Crippen LogP contribution in [0.3, 0.4) is 0 Å². The molecule has 2 atom stereocenters. The summed E-state index contributed by atoms with van der Waals surface area (Å²) in [4.78, 5) is 7.10. The quantitative estimate of drug-likeness (QED) is 0.876. The van der Waals surface area contributed by atoms with Gasteiger partial charge in [-0.15, -0.1) is 0 Å². The number of halogens is 2. The van der Waals surface area contributed by atoms with Gasteiger partial charge in [0.25, 0.3) is 0 Å². The topological polar surface area (TPSA) is 40.7 Å². The molecule has 0 aliphatic carbocycles. The average molecular weight is 251 g/mol. The van der Waals surface area contributed by atoms with Gasteiger partial charge in [0.2, 0.25) is 0 Å². The predicted molar refractivity (Wildman–Crippen MR) is 64.9 cm³/mol. The SMILES string of the molecule is CC(NC(C)c1cccc(F)c1F)c1ncc[nH]1. The lowest BCUT2D eigenvalue weighted by atomic mass is 10.1. The molecule has 0 saturated heterocycles. The first-order valence-corrected chi connectivity index (χ1v) is 5.79. The number of rotatable bonds is 4. The molecule has 96 valence electrons. The molecule has 1 aromatic carbocycles. The number of nitrogens with zero attached hydrogens (tertiary/aromatic N) is 1. The van der Waals surface area contributed by atoms with Crippen molar-refractivity contribution in [3.05, 3.63) is 53.6 Å². The van der Waals surface area contributed by atoms with E-state index in [4.69, 9.17) is 0 Å². The van der Waals surface area contributed by atoms with Crippen LogP contribution in [-0.4, -0.2) is 9.97 Å². The number of aromatic amines is 1. The molecule has 2 aromatic rings. The van der Waals surface area contributed by atoms with E-state index in [0.717, 1.165) is 11.9 Å². The monoisotopic (exact) mass is 251 g/mol. The molecule has 0 aliphatic heterocycles. The van der Waals surface area contributed by atoms with Crippen LogP contribution in [0.4, 0.5) is 8.78 Å². The van der Waals surface area contributed by atoms with Crippen molar-refractivity contribution in [1.29, 1.82) is 0 Å². The molecule has 0 bridgehead atoms. The van der Waals surface area contributed by atoms with E-state index in [1.54, 1.807) is 25.4 Å². The van der Waals surface area contributed by atoms with Crippen molar-refractivity contribution in [2.75, 3.05) is 0 Å². The van der Waals surface area contributed by atoms with Crippen molar-refractivity contribution < 1.29 is 8.78 Å². The van der Waals surface area contributed by atoms with Crippen molar-refractivity contribution in [1.82, 2.24) is 15.3 Å². The van der Waals surface area contributed by atoms with E-state index in [9.17, 15) is 8.78 Å². The van der Waals surface area contributed by atoms with Crippen molar-refractivity contribution >= 4 is 0 Å². The molecule has 1 heterocycles. The van der Waals surface area contributed by atoms with E-state index in [-0.39, 0.29) is 12.1 Å². The lowest BCUT2D eigenvalue weighted by Gasteiger charge is -2.19. The molecular formula is C13H15F2N3. The zero-order chi connectivity index (χ0) is 13.1. The second-order valence-corrected chi connectivity index (χ2v) is 4.23. The van der Waals surface area contributed by atoms with Crippen molar-refractivity contribution in [2.24, 2.45) is 0 Å². The summed E-state index contributed by atoms with van der Waals surface area (Å²) in [6.45, 7) is 3.70. The van der Waals surface area contributed by atoms with Gasteiger partial charge in [-0.25, -0.2) is 13.8 Å². The zero-order valence-corrected chi connectivity index (χ0v) is 10.2. The minimum absolute atomic E-state index is 0.0716. The van der Waals surface area contributed by atoms with Gasteiger partial charge in [0.15, 0.2) is 11.6 Å². The highest BCUT2D eigenvalue weighted by Crippen LogP contribution is 2.21. The van der Waals surface area contributed by atoms with Gasteiger partial charge >= 0.3 is 0 Å². The van der Waals surface area contributed by atoms with Crippen molar-refractivity contribution in [3.63, 3.8) is 0 Å². The van der Waals surface area contributed by atoms with Gasteiger partial charge in [-0.1, -0.05) is 12.1 Å². The highest BCUT2D eigenvalue weighted by Gasteiger charge is 2.17. The van der Waals surface area contributed by atoms with E-state index >= 15 is 0 Å². The van der Waals surface area contributed by atoms with E-state index in [1.165, 1.54) is 6.07 Å². The molecule has 1 aromatic heterocycles. The van der Waals surface area contributed by atoms with Gasteiger partial charge < -0.3 is 10.3 Å². The normalized spacial score (nSPS) is 14.4. The van der Waals surface area contributed by atoms with Crippen LogP contribution in [0.1, 0.15) is 37.3 Å². The van der Waals surface area contributed by atoms with Crippen LogP contribution in [-0.2, 0) is 0 Å². The molecule has 0 spiro atoms. The third-order valence-corrected chi connectivity index (χ3v) is 2.88. The fourth-order valence-electron chi connectivity index (χ4n) is 1.91. The maximum Gasteiger partial charge on any atom is 0.163 e.